The molecule has 1 heterocycles. The first-order chi connectivity index (χ1) is 7.65. The Balaban J connectivity index is 2.29. The van der Waals surface area contributed by atoms with E-state index >= 15 is 0 Å². The second-order valence-corrected chi connectivity index (χ2v) is 4.88. The lowest BCUT2D eigenvalue weighted by Gasteiger charge is -2.28. The van der Waals surface area contributed by atoms with Gasteiger partial charge >= 0.3 is 0 Å². The van der Waals surface area contributed by atoms with Crippen LogP contribution in [0.2, 0.25) is 0 Å². The van der Waals surface area contributed by atoms with E-state index in [0.717, 1.165) is 13.0 Å². The van der Waals surface area contributed by atoms with E-state index in [1.54, 1.807) is 0 Å². The van der Waals surface area contributed by atoms with Crippen molar-refractivity contribution in [3.63, 3.8) is 0 Å². The van der Waals surface area contributed by atoms with Gasteiger partial charge in [0, 0.05) is 30.8 Å². The van der Waals surface area contributed by atoms with Crippen LogP contribution in [0.15, 0.2) is 18.2 Å². The quantitative estimate of drug-likeness (QED) is 0.826. The molecule has 1 aliphatic heterocycles. The Morgan fingerprint density at radius 1 is 1.38 bits per heavy atom. The van der Waals surface area contributed by atoms with Gasteiger partial charge in [-0.05, 0) is 44.4 Å². The summed E-state index contributed by atoms with van der Waals surface area (Å²) in [7, 11) is 0. The summed E-state index contributed by atoms with van der Waals surface area (Å²) in [5.41, 5.74) is 4.05. The van der Waals surface area contributed by atoms with E-state index in [9.17, 15) is 5.11 Å². The topological polar surface area (TPSA) is 23.5 Å². The zero-order valence-electron chi connectivity index (χ0n) is 10.4. The minimum Gasteiger partial charge on any atom is -0.396 e. The van der Waals surface area contributed by atoms with E-state index < -0.39 is 0 Å². The monoisotopic (exact) mass is 219 g/mol. The molecule has 2 heteroatoms. The van der Waals surface area contributed by atoms with Gasteiger partial charge in [-0.2, -0.15) is 0 Å². The van der Waals surface area contributed by atoms with Crippen LogP contribution in [0.1, 0.15) is 24.5 Å². The molecule has 2 nitrogen and oxygen atoms in total. The normalized spacial score (nSPS) is 25.1. The van der Waals surface area contributed by atoms with Crippen LogP contribution in [0.3, 0.4) is 0 Å². The van der Waals surface area contributed by atoms with Gasteiger partial charge in [-0.3, -0.25) is 0 Å². The third-order valence-corrected chi connectivity index (χ3v) is 4.03. The summed E-state index contributed by atoms with van der Waals surface area (Å²) in [5, 5.41) is 9.30. The van der Waals surface area contributed by atoms with Crippen molar-refractivity contribution in [3.05, 3.63) is 29.3 Å². The Morgan fingerprint density at radius 3 is 2.75 bits per heavy atom. The molecule has 0 aliphatic carbocycles. The van der Waals surface area contributed by atoms with E-state index in [2.05, 4.69) is 43.9 Å². The average molecular weight is 219 g/mol. The first kappa shape index (κ1) is 11.5. The molecule has 1 aromatic rings. The number of nitrogens with zero attached hydrogens (tertiary/aromatic N) is 1. The number of hydrogen-bond donors (Lipinski definition) is 1. The van der Waals surface area contributed by atoms with Crippen LogP contribution in [0.4, 0.5) is 5.69 Å². The lowest BCUT2D eigenvalue weighted by atomic mass is 10.0. The van der Waals surface area contributed by atoms with Crippen LogP contribution in [-0.4, -0.2) is 24.3 Å². The third-order valence-electron chi connectivity index (χ3n) is 4.03. The summed E-state index contributed by atoms with van der Waals surface area (Å²) in [6.07, 6.45) is 1.10. The van der Waals surface area contributed by atoms with Crippen LogP contribution in [0.25, 0.3) is 0 Å². The number of anilines is 1. The van der Waals surface area contributed by atoms with Gasteiger partial charge in [0.2, 0.25) is 0 Å². The third kappa shape index (κ3) is 1.82. The number of aryl methyl sites for hydroxylation is 1. The summed E-state index contributed by atoms with van der Waals surface area (Å²) >= 11 is 0. The molecule has 0 spiro atoms. The summed E-state index contributed by atoms with van der Waals surface area (Å²) in [6, 6.07) is 6.92. The Morgan fingerprint density at radius 2 is 2.12 bits per heavy atom. The molecule has 0 saturated carbocycles. The van der Waals surface area contributed by atoms with Crippen molar-refractivity contribution in [2.45, 2.75) is 33.2 Å². The Bertz CT molecular complexity index is 375. The second-order valence-electron chi connectivity index (χ2n) is 4.88. The molecule has 1 N–H and O–H groups in total. The molecule has 1 saturated heterocycles. The Kier molecular flexibility index (Phi) is 3.20. The maximum Gasteiger partial charge on any atom is 0.0479 e. The van der Waals surface area contributed by atoms with Gasteiger partial charge in [-0.15, -0.1) is 0 Å². The van der Waals surface area contributed by atoms with Crippen molar-refractivity contribution in [2.75, 3.05) is 18.1 Å². The molecular weight excluding hydrogens is 198 g/mol. The molecule has 0 amide bonds. The highest BCUT2D eigenvalue weighted by Gasteiger charge is 2.30. The molecule has 0 radical (unpaired) electrons. The first-order valence-electron chi connectivity index (χ1n) is 6.09. The summed E-state index contributed by atoms with van der Waals surface area (Å²) in [5.74, 6) is 0.430. The number of aliphatic hydroxyl groups is 1. The predicted octanol–water partition coefficient (Wildman–Crippen LogP) is 2.51. The lowest BCUT2D eigenvalue weighted by Crippen LogP contribution is -2.31. The van der Waals surface area contributed by atoms with E-state index in [-0.39, 0.29) is 0 Å². The number of aliphatic hydroxyl groups excluding tert-OH is 1. The fourth-order valence-electron chi connectivity index (χ4n) is 2.63. The molecule has 2 rings (SSSR count). The largest absolute Gasteiger partial charge is 0.396 e. The SMILES string of the molecule is Cc1cccc(N2CCC(CO)C2C)c1C. The highest BCUT2D eigenvalue weighted by atomic mass is 16.3. The molecular formula is C14H21NO. The van der Waals surface area contributed by atoms with Gasteiger partial charge in [0.25, 0.3) is 0 Å². The molecule has 2 unspecified atom stereocenters. The van der Waals surface area contributed by atoms with Gasteiger partial charge in [-0.1, -0.05) is 12.1 Å². The summed E-state index contributed by atoms with van der Waals surface area (Å²) in [6.45, 7) is 7.93. The molecule has 2 atom stereocenters. The van der Waals surface area contributed by atoms with Crippen molar-refractivity contribution in [2.24, 2.45) is 5.92 Å². The minimum atomic E-state index is 0.308. The van der Waals surface area contributed by atoms with Gasteiger partial charge in [0.1, 0.15) is 0 Å². The fourth-order valence-corrected chi connectivity index (χ4v) is 2.63. The number of benzene rings is 1. The zero-order valence-corrected chi connectivity index (χ0v) is 10.4. The van der Waals surface area contributed by atoms with E-state index in [0.29, 0.717) is 18.6 Å². The van der Waals surface area contributed by atoms with Crippen molar-refractivity contribution in [3.8, 4) is 0 Å². The van der Waals surface area contributed by atoms with Crippen molar-refractivity contribution >= 4 is 5.69 Å². The van der Waals surface area contributed by atoms with Crippen molar-refractivity contribution in [1.29, 1.82) is 0 Å². The van der Waals surface area contributed by atoms with Crippen LogP contribution < -0.4 is 4.90 Å². The zero-order chi connectivity index (χ0) is 11.7. The molecule has 0 bridgehead atoms. The molecule has 1 fully saturated rings. The second kappa shape index (κ2) is 4.46. The predicted molar refractivity (Wildman–Crippen MR) is 67.9 cm³/mol. The molecule has 88 valence electrons. The Hall–Kier alpha value is -1.02. The number of rotatable bonds is 2. The molecule has 16 heavy (non-hydrogen) atoms. The van der Waals surface area contributed by atoms with E-state index in [1.165, 1.54) is 16.8 Å². The minimum absolute atomic E-state index is 0.308. The van der Waals surface area contributed by atoms with Crippen LogP contribution in [-0.2, 0) is 0 Å². The number of hydrogen-bond acceptors (Lipinski definition) is 2. The first-order valence-corrected chi connectivity index (χ1v) is 6.09. The summed E-state index contributed by atoms with van der Waals surface area (Å²) in [4.78, 5) is 2.43. The van der Waals surface area contributed by atoms with E-state index in [4.69, 9.17) is 0 Å². The van der Waals surface area contributed by atoms with E-state index in [1.807, 2.05) is 0 Å². The van der Waals surface area contributed by atoms with Gasteiger partial charge in [0.05, 0.1) is 0 Å². The van der Waals surface area contributed by atoms with Gasteiger partial charge in [-0.25, -0.2) is 0 Å². The van der Waals surface area contributed by atoms with Crippen LogP contribution >= 0.6 is 0 Å². The fraction of sp³-hybridized carbons (Fsp3) is 0.571. The molecule has 1 aromatic carbocycles. The highest BCUT2D eigenvalue weighted by Crippen LogP contribution is 2.32. The van der Waals surface area contributed by atoms with Crippen molar-refractivity contribution in [1.82, 2.24) is 0 Å². The van der Waals surface area contributed by atoms with Gasteiger partial charge < -0.3 is 10.0 Å². The van der Waals surface area contributed by atoms with Crippen LogP contribution in [0.5, 0.6) is 0 Å². The maximum atomic E-state index is 9.30. The average Bonchev–Trinajstić information content (AvgIpc) is 2.64. The molecule has 0 aromatic heterocycles. The smallest absolute Gasteiger partial charge is 0.0479 e. The Labute approximate surface area is 97.9 Å². The molecule has 1 aliphatic rings. The highest BCUT2D eigenvalue weighted by molar-refractivity contribution is 5.57. The van der Waals surface area contributed by atoms with Crippen molar-refractivity contribution < 1.29 is 5.11 Å². The lowest BCUT2D eigenvalue weighted by molar-refractivity contribution is 0.221. The maximum absolute atomic E-state index is 9.30. The summed E-state index contributed by atoms with van der Waals surface area (Å²) < 4.78 is 0. The van der Waals surface area contributed by atoms with Gasteiger partial charge in [0.15, 0.2) is 0 Å². The van der Waals surface area contributed by atoms with Crippen LogP contribution in [0, 0.1) is 19.8 Å². The standard InChI is InChI=1S/C14H21NO/c1-10-5-4-6-14(11(10)2)15-8-7-13(9-16)12(15)3/h4-6,12-13,16H,7-9H2,1-3H3.